The Morgan fingerprint density at radius 3 is 1.91 bits per heavy atom. The van der Waals surface area contributed by atoms with Crippen LogP contribution in [0.2, 0.25) is 0 Å². The fourth-order valence-electron chi connectivity index (χ4n) is 9.26. The highest BCUT2D eigenvalue weighted by Gasteiger charge is 2.58. The molecule has 0 aromatic heterocycles. The van der Waals surface area contributed by atoms with Crippen molar-refractivity contribution in [1.82, 2.24) is 0 Å². The molecule has 0 saturated heterocycles. The molecule has 3 unspecified atom stereocenters. The fraction of sp³-hybridized carbons (Fsp3) is 0.580. The Morgan fingerprint density at radius 2 is 1.30 bits per heavy atom. The molecule has 0 bridgehead atoms. The average molecular weight is 781 g/mol. The van der Waals surface area contributed by atoms with Gasteiger partial charge in [-0.15, -0.1) is 0 Å². The molecule has 0 amide bonds. The number of hydrogen-bond donors (Lipinski definition) is 0. The minimum absolute atomic E-state index is 0.0532. The molecule has 0 aliphatic heterocycles. The number of ketones is 1. The lowest BCUT2D eigenvalue weighted by atomic mass is 9.46. The summed E-state index contributed by atoms with van der Waals surface area (Å²) in [6.45, 7) is 20.8. The highest BCUT2D eigenvalue weighted by atomic mass is 16.5. The minimum Gasteiger partial charge on any atom is -0.489 e. The number of benzene rings is 3. The number of aryl methyl sites for hydroxylation is 2. The molecule has 0 heterocycles. The summed E-state index contributed by atoms with van der Waals surface area (Å²) in [5, 5.41) is 0. The molecule has 0 N–H and O–H groups in total. The molecule has 7 heteroatoms. The van der Waals surface area contributed by atoms with Crippen molar-refractivity contribution in [3.05, 3.63) is 111 Å². The lowest BCUT2D eigenvalue weighted by Crippen LogP contribution is -2.53. The third kappa shape index (κ3) is 9.77. The van der Waals surface area contributed by atoms with E-state index in [1.165, 1.54) is 47.1 Å². The van der Waals surface area contributed by atoms with Gasteiger partial charge in [0.2, 0.25) is 0 Å². The number of carbonyl (C=O) groups is 1. The molecule has 3 atom stereocenters. The number of carbonyl (C=O) groups excluding carboxylic acids is 1. The van der Waals surface area contributed by atoms with E-state index in [-0.39, 0.29) is 17.6 Å². The number of rotatable bonds is 25. The number of fused-ring (bicyclic) bond motifs is 2. The van der Waals surface area contributed by atoms with Gasteiger partial charge in [-0.05, 0) is 116 Å². The molecule has 57 heavy (non-hydrogen) atoms. The molecule has 310 valence electrons. The SMILES string of the molecule is C=CCOc1c(COCCC)cc(C2(c3cc(CC)c(C)c(COCCOCCOCCC)c3)c3ccc(C)cc3C(=O)C3CCC32)cc1COCCC1CCC1. The van der Waals surface area contributed by atoms with E-state index in [2.05, 4.69) is 83.7 Å². The van der Waals surface area contributed by atoms with Crippen LogP contribution in [0.1, 0.15) is 133 Å². The van der Waals surface area contributed by atoms with Crippen LogP contribution in [0.15, 0.2) is 55.1 Å². The molecular formula is C50H68O7. The van der Waals surface area contributed by atoms with Crippen molar-refractivity contribution < 1.29 is 33.2 Å². The van der Waals surface area contributed by atoms with E-state index in [1.807, 2.05) is 0 Å². The molecule has 2 fully saturated rings. The third-order valence-corrected chi connectivity index (χ3v) is 12.6. The van der Waals surface area contributed by atoms with E-state index < -0.39 is 5.41 Å². The zero-order chi connectivity index (χ0) is 40.2. The van der Waals surface area contributed by atoms with Gasteiger partial charge in [0.05, 0.1) is 46.2 Å². The van der Waals surface area contributed by atoms with Crippen LogP contribution in [-0.4, -0.2) is 58.6 Å². The lowest BCUT2D eigenvalue weighted by Gasteiger charge is -2.55. The van der Waals surface area contributed by atoms with Crippen molar-refractivity contribution in [2.45, 2.75) is 118 Å². The lowest BCUT2D eigenvalue weighted by molar-refractivity contribution is 0.0106. The first-order valence-electron chi connectivity index (χ1n) is 21.9. The summed E-state index contributed by atoms with van der Waals surface area (Å²) >= 11 is 0. The second-order valence-electron chi connectivity index (χ2n) is 16.5. The second-order valence-corrected chi connectivity index (χ2v) is 16.5. The van der Waals surface area contributed by atoms with Gasteiger partial charge < -0.3 is 28.4 Å². The predicted molar refractivity (Wildman–Crippen MR) is 227 cm³/mol. The molecule has 3 aliphatic rings. The van der Waals surface area contributed by atoms with Gasteiger partial charge in [0.15, 0.2) is 5.78 Å². The minimum atomic E-state index is -0.592. The van der Waals surface area contributed by atoms with E-state index in [1.54, 1.807) is 6.08 Å². The topological polar surface area (TPSA) is 72.5 Å². The zero-order valence-corrected chi connectivity index (χ0v) is 35.6. The molecule has 3 aromatic rings. The van der Waals surface area contributed by atoms with Gasteiger partial charge in [0.25, 0.3) is 0 Å². The van der Waals surface area contributed by atoms with Crippen LogP contribution in [0.5, 0.6) is 5.75 Å². The Morgan fingerprint density at radius 1 is 0.702 bits per heavy atom. The van der Waals surface area contributed by atoms with E-state index in [9.17, 15) is 4.79 Å². The molecular weight excluding hydrogens is 713 g/mol. The normalized spacial score (nSPS) is 20.1. The first-order valence-corrected chi connectivity index (χ1v) is 21.9. The Bertz CT molecular complexity index is 1790. The van der Waals surface area contributed by atoms with Gasteiger partial charge in [-0.25, -0.2) is 0 Å². The van der Waals surface area contributed by atoms with Gasteiger partial charge >= 0.3 is 0 Å². The molecule has 0 radical (unpaired) electrons. The summed E-state index contributed by atoms with van der Waals surface area (Å²) < 4.78 is 37.0. The molecule has 0 spiro atoms. The van der Waals surface area contributed by atoms with E-state index in [0.717, 1.165) is 91.2 Å². The highest BCUT2D eigenvalue weighted by Crippen LogP contribution is 2.61. The summed E-state index contributed by atoms with van der Waals surface area (Å²) in [5.41, 5.74) is 10.6. The zero-order valence-electron chi connectivity index (χ0n) is 35.6. The van der Waals surface area contributed by atoms with Crippen molar-refractivity contribution in [2.24, 2.45) is 17.8 Å². The maximum Gasteiger partial charge on any atom is 0.166 e. The van der Waals surface area contributed by atoms with Crippen molar-refractivity contribution >= 4 is 5.78 Å². The van der Waals surface area contributed by atoms with Gasteiger partial charge in [0.1, 0.15) is 12.4 Å². The molecule has 7 nitrogen and oxygen atoms in total. The maximum absolute atomic E-state index is 14.4. The summed E-state index contributed by atoms with van der Waals surface area (Å²) in [4.78, 5) is 14.4. The Balaban J connectivity index is 1.47. The van der Waals surface area contributed by atoms with Crippen molar-refractivity contribution in [2.75, 3.05) is 52.9 Å². The Labute approximate surface area is 342 Å². The molecule has 6 rings (SSSR count). The van der Waals surface area contributed by atoms with Crippen LogP contribution >= 0.6 is 0 Å². The smallest absolute Gasteiger partial charge is 0.166 e. The van der Waals surface area contributed by atoms with E-state index in [4.69, 9.17) is 28.4 Å². The van der Waals surface area contributed by atoms with Crippen LogP contribution in [0, 0.1) is 31.6 Å². The quantitative estimate of drug-likeness (QED) is 0.0626. The number of Topliss-reactive ketones (excluding diaryl/α,β-unsaturated/α-hetero) is 1. The standard InChI is InChI=1S/C50H68O7/c1-7-19-52-23-24-53-25-26-56-32-39-29-42(28-38(10-4)36(39)6)50(46-17-15-44(46)48(51)45-27-35(5)14-16-47(45)50)43-30-40(33-54-20-8-2)49(57-21-9-3)41(31-43)34-55-22-18-37-12-11-13-37/h9,14,16,27-31,37,44,46H,3,7-8,10-13,15,17-26,32-34H2,1-2,4-6H3. The molecule has 2 saturated carbocycles. The maximum atomic E-state index is 14.4. The van der Waals surface area contributed by atoms with Crippen molar-refractivity contribution in [1.29, 1.82) is 0 Å². The third-order valence-electron chi connectivity index (χ3n) is 12.6. The first-order chi connectivity index (χ1) is 27.9. The average Bonchev–Trinajstić information content (AvgIpc) is 3.17. The van der Waals surface area contributed by atoms with E-state index >= 15 is 0 Å². The van der Waals surface area contributed by atoms with Crippen LogP contribution in [-0.2, 0) is 55.3 Å². The van der Waals surface area contributed by atoms with Gasteiger partial charge in [-0.3, -0.25) is 4.79 Å². The monoisotopic (exact) mass is 780 g/mol. The number of hydrogen-bond acceptors (Lipinski definition) is 7. The Kier molecular flexibility index (Phi) is 16.0. The second kappa shape index (κ2) is 21.1. The van der Waals surface area contributed by atoms with Crippen LogP contribution in [0.4, 0.5) is 0 Å². The fourth-order valence-corrected chi connectivity index (χ4v) is 9.26. The summed E-state index contributed by atoms with van der Waals surface area (Å²) in [6.07, 6.45) is 11.5. The predicted octanol–water partition coefficient (Wildman–Crippen LogP) is 10.6. The van der Waals surface area contributed by atoms with Gasteiger partial charge in [0, 0.05) is 47.8 Å². The van der Waals surface area contributed by atoms with E-state index in [0.29, 0.717) is 59.5 Å². The van der Waals surface area contributed by atoms with Gasteiger partial charge in [-0.2, -0.15) is 0 Å². The highest BCUT2D eigenvalue weighted by molar-refractivity contribution is 6.03. The number of ether oxygens (including phenoxy) is 6. The first kappa shape index (κ1) is 43.3. The molecule has 3 aliphatic carbocycles. The summed E-state index contributed by atoms with van der Waals surface area (Å²) in [5.74, 6) is 1.92. The van der Waals surface area contributed by atoms with Crippen LogP contribution < -0.4 is 4.74 Å². The van der Waals surface area contributed by atoms with Crippen LogP contribution in [0.25, 0.3) is 0 Å². The summed E-state index contributed by atoms with van der Waals surface area (Å²) in [7, 11) is 0. The molecule has 3 aromatic carbocycles. The Hall–Kier alpha value is -3.33. The largest absolute Gasteiger partial charge is 0.489 e. The van der Waals surface area contributed by atoms with Crippen LogP contribution in [0.3, 0.4) is 0 Å². The summed E-state index contributed by atoms with van der Waals surface area (Å²) in [6, 6.07) is 16.0. The van der Waals surface area contributed by atoms with Crippen molar-refractivity contribution in [3.8, 4) is 5.75 Å². The van der Waals surface area contributed by atoms with Crippen molar-refractivity contribution in [3.63, 3.8) is 0 Å². The van der Waals surface area contributed by atoms with Gasteiger partial charge in [-0.1, -0.05) is 82.5 Å².